The molecule has 0 aromatic heterocycles. The number of ether oxygens (including phenoxy) is 1. The van der Waals surface area contributed by atoms with Crippen molar-refractivity contribution in [2.75, 3.05) is 31.1 Å². The number of amides is 1. The molecule has 2 N–H and O–H groups in total. The van der Waals surface area contributed by atoms with E-state index < -0.39 is 13.7 Å². The van der Waals surface area contributed by atoms with Crippen LogP contribution in [0.25, 0.3) is 0 Å². The summed E-state index contributed by atoms with van der Waals surface area (Å²) >= 11 is 0. The van der Waals surface area contributed by atoms with Crippen LogP contribution >= 0.6 is 0 Å². The van der Waals surface area contributed by atoms with Crippen molar-refractivity contribution in [3.8, 4) is 11.5 Å². The zero-order valence-electron chi connectivity index (χ0n) is 19.4. The summed E-state index contributed by atoms with van der Waals surface area (Å²) in [6.45, 7) is 20.1. The molecule has 0 radical (unpaired) electrons. The Morgan fingerprint density at radius 1 is 1.14 bits per heavy atom. The van der Waals surface area contributed by atoms with Gasteiger partial charge in [0.05, 0.1) is 0 Å². The molecule has 2 rings (SSSR count). The molecule has 1 aromatic carbocycles. The molecule has 160 valence electrons. The quantitative estimate of drug-likeness (QED) is 0.585. The average molecular weight is 416 g/mol. The van der Waals surface area contributed by atoms with E-state index in [9.17, 15) is 4.79 Å². The number of anilines is 1. The number of piperazine rings is 1. The first-order chi connectivity index (χ1) is 13.3. The van der Waals surface area contributed by atoms with Gasteiger partial charge in [0.1, 0.15) is 13.7 Å². The van der Waals surface area contributed by atoms with Crippen molar-refractivity contribution < 1.29 is 9.53 Å². The smallest absolute Gasteiger partial charge is 0.410 e. The fraction of sp³-hybridized carbons (Fsp3) is 0.609. The van der Waals surface area contributed by atoms with Gasteiger partial charge in [0.25, 0.3) is 0 Å². The SMILES string of the molecule is Cc1c(C#C[Si](C)(C)C)cc(CN)c(C)c1N1CCN(C(=O)OC(C)(C)C)CC1. The number of benzene rings is 1. The maximum atomic E-state index is 12.4. The van der Waals surface area contributed by atoms with Gasteiger partial charge in [-0.25, -0.2) is 4.79 Å². The first kappa shape index (κ1) is 23.3. The Bertz CT molecular complexity index is 818. The van der Waals surface area contributed by atoms with Crippen LogP contribution in [0.2, 0.25) is 19.6 Å². The molecule has 1 saturated heterocycles. The minimum atomic E-state index is -1.47. The van der Waals surface area contributed by atoms with Gasteiger partial charge in [-0.15, -0.1) is 5.54 Å². The molecule has 0 saturated carbocycles. The molecular formula is C23H37N3O2Si. The van der Waals surface area contributed by atoms with E-state index in [2.05, 4.69) is 55.9 Å². The van der Waals surface area contributed by atoms with Crippen LogP contribution in [0.3, 0.4) is 0 Å². The number of rotatable bonds is 2. The largest absolute Gasteiger partial charge is 0.444 e. The van der Waals surface area contributed by atoms with Gasteiger partial charge in [0, 0.05) is 44.0 Å². The van der Waals surface area contributed by atoms with Gasteiger partial charge in [-0.1, -0.05) is 25.6 Å². The number of hydrogen-bond acceptors (Lipinski definition) is 4. The third-order valence-electron chi connectivity index (χ3n) is 4.95. The van der Waals surface area contributed by atoms with Gasteiger partial charge in [-0.3, -0.25) is 0 Å². The highest BCUT2D eigenvalue weighted by Gasteiger charge is 2.27. The molecule has 0 atom stereocenters. The van der Waals surface area contributed by atoms with Crippen molar-refractivity contribution in [3.05, 3.63) is 28.3 Å². The van der Waals surface area contributed by atoms with E-state index in [-0.39, 0.29) is 6.09 Å². The maximum absolute atomic E-state index is 12.4. The Morgan fingerprint density at radius 3 is 2.21 bits per heavy atom. The molecule has 1 heterocycles. The molecule has 0 bridgehead atoms. The number of hydrogen-bond donors (Lipinski definition) is 1. The Hall–Kier alpha value is -1.97. The topological polar surface area (TPSA) is 58.8 Å². The second kappa shape index (κ2) is 8.81. The van der Waals surface area contributed by atoms with Crippen molar-refractivity contribution >= 4 is 19.9 Å². The molecule has 5 nitrogen and oxygen atoms in total. The summed E-state index contributed by atoms with van der Waals surface area (Å²) in [5.74, 6) is 3.43. The van der Waals surface area contributed by atoms with Crippen LogP contribution in [-0.4, -0.2) is 50.8 Å². The normalized spacial score (nSPS) is 15.1. The summed E-state index contributed by atoms with van der Waals surface area (Å²) in [6, 6.07) is 2.15. The van der Waals surface area contributed by atoms with Gasteiger partial charge in [0.15, 0.2) is 0 Å². The molecule has 6 heteroatoms. The van der Waals surface area contributed by atoms with Crippen LogP contribution in [0.15, 0.2) is 6.07 Å². The lowest BCUT2D eigenvalue weighted by atomic mass is 9.96. The van der Waals surface area contributed by atoms with Crippen molar-refractivity contribution in [1.29, 1.82) is 0 Å². The highest BCUT2D eigenvalue weighted by molar-refractivity contribution is 6.83. The average Bonchev–Trinajstić information content (AvgIpc) is 2.59. The first-order valence-electron chi connectivity index (χ1n) is 10.4. The standard InChI is InChI=1S/C23H37N3O2Si/c1-17-19(9-14-29(6,7)8)15-20(16-24)18(2)21(17)25-10-12-26(13-11-25)22(27)28-23(3,4)5/h15H,10-13,16,24H2,1-8H3. The van der Waals surface area contributed by atoms with Crippen LogP contribution in [0.1, 0.15) is 43.0 Å². The van der Waals surface area contributed by atoms with E-state index in [0.29, 0.717) is 19.6 Å². The Kier molecular flexibility index (Phi) is 7.08. The molecule has 1 fully saturated rings. The third kappa shape index (κ3) is 6.25. The molecule has 0 unspecified atom stereocenters. The lowest BCUT2D eigenvalue weighted by Gasteiger charge is -2.38. The zero-order chi connectivity index (χ0) is 22.0. The van der Waals surface area contributed by atoms with E-state index in [0.717, 1.165) is 24.2 Å². The van der Waals surface area contributed by atoms with E-state index in [1.807, 2.05) is 20.8 Å². The van der Waals surface area contributed by atoms with Crippen molar-refractivity contribution in [1.82, 2.24) is 4.90 Å². The lowest BCUT2D eigenvalue weighted by Crippen LogP contribution is -2.50. The minimum Gasteiger partial charge on any atom is -0.444 e. The summed E-state index contributed by atoms with van der Waals surface area (Å²) in [5.41, 5.74) is 14.9. The highest BCUT2D eigenvalue weighted by Crippen LogP contribution is 2.31. The first-order valence-corrected chi connectivity index (χ1v) is 13.9. The van der Waals surface area contributed by atoms with E-state index >= 15 is 0 Å². The van der Waals surface area contributed by atoms with Crippen LogP contribution in [0, 0.1) is 25.3 Å². The van der Waals surface area contributed by atoms with Gasteiger partial charge in [0.2, 0.25) is 0 Å². The van der Waals surface area contributed by atoms with E-state index in [1.165, 1.54) is 16.8 Å². The van der Waals surface area contributed by atoms with Gasteiger partial charge < -0.3 is 20.3 Å². The van der Waals surface area contributed by atoms with Crippen molar-refractivity contribution in [2.45, 2.75) is 66.4 Å². The zero-order valence-corrected chi connectivity index (χ0v) is 20.4. The lowest BCUT2D eigenvalue weighted by molar-refractivity contribution is 0.0240. The van der Waals surface area contributed by atoms with Gasteiger partial charge >= 0.3 is 6.09 Å². The number of carbonyl (C=O) groups excluding carboxylic acids is 1. The minimum absolute atomic E-state index is 0.233. The third-order valence-corrected chi connectivity index (χ3v) is 5.83. The summed E-state index contributed by atoms with van der Waals surface area (Å²) in [5, 5.41) is 0. The summed E-state index contributed by atoms with van der Waals surface area (Å²) in [4.78, 5) is 16.5. The second-order valence-electron chi connectivity index (χ2n) is 9.84. The van der Waals surface area contributed by atoms with Crippen LogP contribution in [0.4, 0.5) is 10.5 Å². The Labute approximate surface area is 177 Å². The van der Waals surface area contributed by atoms with Crippen molar-refractivity contribution in [3.63, 3.8) is 0 Å². The van der Waals surface area contributed by atoms with E-state index in [4.69, 9.17) is 10.5 Å². The predicted molar refractivity (Wildman–Crippen MR) is 124 cm³/mol. The molecule has 0 aliphatic carbocycles. The van der Waals surface area contributed by atoms with Crippen molar-refractivity contribution in [2.24, 2.45) is 5.73 Å². The number of carbonyl (C=O) groups is 1. The molecule has 1 aliphatic heterocycles. The maximum Gasteiger partial charge on any atom is 0.410 e. The van der Waals surface area contributed by atoms with E-state index in [1.54, 1.807) is 4.90 Å². The fourth-order valence-electron chi connectivity index (χ4n) is 3.46. The Morgan fingerprint density at radius 2 is 1.72 bits per heavy atom. The molecule has 1 aliphatic rings. The van der Waals surface area contributed by atoms with Gasteiger partial charge in [-0.05, 0) is 57.4 Å². The number of nitrogens with two attached hydrogens (primary N) is 1. The monoisotopic (exact) mass is 415 g/mol. The van der Waals surface area contributed by atoms with Crippen LogP contribution < -0.4 is 10.6 Å². The molecule has 1 amide bonds. The van der Waals surface area contributed by atoms with Crippen LogP contribution in [-0.2, 0) is 11.3 Å². The number of nitrogens with zero attached hydrogens (tertiary/aromatic N) is 2. The summed E-state index contributed by atoms with van der Waals surface area (Å²) in [7, 11) is -1.47. The molecular weight excluding hydrogens is 378 g/mol. The predicted octanol–water partition coefficient (Wildman–Crippen LogP) is 4.05. The second-order valence-corrected chi connectivity index (χ2v) is 14.6. The van der Waals surface area contributed by atoms with Gasteiger partial charge in [-0.2, -0.15) is 0 Å². The fourth-order valence-corrected chi connectivity index (χ4v) is 3.97. The Balaban J connectivity index is 2.28. The summed E-state index contributed by atoms with van der Waals surface area (Å²) < 4.78 is 5.52. The molecule has 29 heavy (non-hydrogen) atoms. The van der Waals surface area contributed by atoms with Crippen LogP contribution in [0.5, 0.6) is 0 Å². The molecule has 1 aromatic rings. The highest BCUT2D eigenvalue weighted by atomic mass is 28.3. The summed E-state index contributed by atoms with van der Waals surface area (Å²) in [6.07, 6.45) is -0.233. The molecule has 0 spiro atoms.